The monoisotopic (exact) mass is 869 g/mol. The Hall–Kier alpha value is -2.14. The Bertz CT molecular complexity index is 1030. The summed E-state index contributed by atoms with van der Waals surface area (Å²) in [7, 11) is 0. The first-order chi connectivity index (χ1) is 30.6. The zero-order valence-corrected chi connectivity index (χ0v) is 41.6. The molecule has 0 saturated carbocycles. The number of allylic oxidation sites excluding steroid dienone is 8. The van der Waals surface area contributed by atoms with E-state index in [2.05, 4.69) is 69.4 Å². The quantitative estimate of drug-likeness (QED) is 0.0346. The fourth-order valence-electron chi connectivity index (χ4n) is 7.75. The standard InChI is InChI=1S/C57H104O5/c1-4-7-10-13-16-19-22-25-27-29-30-33-36-39-42-45-48-51-57(59)62-55(54-61-56(58)50-47-44-41-38-35-32-24-21-18-15-12-9-6-3)53-60-52-49-46-43-40-37-34-31-28-26-23-20-17-14-11-8-5-2/h16,19,21,24-25,27,30,33,55H,4-15,17-18,20,22-23,26,28-29,31-32,34-54H2,1-3H3/b19-16-,24-21-,27-25-,33-30-/t55-/m1/s1. The first-order valence-electron chi connectivity index (χ1n) is 27.2. The summed E-state index contributed by atoms with van der Waals surface area (Å²) in [5.74, 6) is -0.420. The number of unbranched alkanes of at least 4 members (excludes halogenated alkanes) is 31. The molecule has 0 spiro atoms. The van der Waals surface area contributed by atoms with Gasteiger partial charge in [0, 0.05) is 19.4 Å². The van der Waals surface area contributed by atoms with Crippen molar-refractivity contribution in [1.82, 2.24) is 0 Å². The highest BCUT2D eigenvalue weighted by Crippen LogP contribution is 2.15. The Morgan fingerprint density at radius 3 is 1.15 bits per heavy atom. The Labute approximate surface area is 386 Å². The van der Waals surface area contributed by atoms with E-state index in [1.165, 1.54) is 161 Å². The fraction of sp³-hybridized carbons (Fsp3) is 0.825. The minimum atomic E-state index is -0.548. The van der Waals surface area contributed by atoms with Crippen LogP contribution >= 0.6 is 0 Å². The Kier molecular flexibility index (Phi) is 51.4. The molecule has 1 atom stereocenters. The Balaban J connectivity index is 4.29. The smallest absolute Gasteiger partial charge is 0.306 e. The van der Waals surface area contributed by atoms with Gasteiger partial charge in [0.15, 0.2) is 6.10 Å². The molecule has 5 nitrogen and oxygen atoms in total. The van der Waals surface area contributed by atoms with Crippen molar-refractivity contribution >= 4 is 11.9 Å². The molecule has 0 aromatic heterocycles. The summed E-state index contributed by atoms with van der Waals surface area (Å²) in [6, 6.07) is 0. The van der Waals surface area contributed by atoms with Crippen LogP contribution in [0.3, 0.4) is 0 Å². The minimum absolute atomic E-state index is 0.0750. The third kappa shape index (κ3) is 50.5. The van der Waals surface area contributed by atoms with Crippen LogP contribution in [0, 0.1) is 0 Å². The number of rotatable bonds is 50. The summed E-state index contributed by atoms with van der Waals surface area (Å²) >= 11 is 0. The Morgan fingerprint density at radius 1 is 0.355 bits per heavy atom. The second-order valence-corrected chi connectivity index (χ2v) is 18.1. The molecule has 0 aliphatic carbocycles. The molecule has 0 fully saturated rings. The summed E-state index contributed by atoms with van der Waals surface area (Å²) in [5, 5.41) is 0. The van der Waals surface area contributed by atoms with Crippen molar-refractivity contribution in [3.63, 3.8) is 0 Å². The maximum Gasteiger partial charge on any atom is 0.306 e. The van der Waals surface area contributed by atoms with Gasteiger partial charge in [0.05, 0.1) is 6.61 Å². The van der Waals surface area contributed by atoms with E-state index < -0.39 is 6.10 Å². The predicted octanol–water partition coefficient (Wildman–Crippen LogP) is 18.3. The number of carbonyl (C=O) groups is 2. The normalized spacial score (nSPS) is 12.5. The summed E-state index contributed by atoms with van der Waals surface area (Å²) in [4.78, 5) is 25.4. The lowest BCUT2D eigenvalue weighted by molar-refractivity contribution is -0.163. The topological polar surface area (TPSA) is 61.8 Å². The van der Waals surface area contributed by atoms with Crippen LogP contribution in [-0.4, -0.2) is 37.9 Å². The lowest BCUT2D eigenvalue weighted by atomic mass is 10.0. The number of hydrogen-bond donors (Lipinski definition) is 0. The SMILES string of the molecule is CCCCC/C=C\C/C=C\C/C=C\CCCCCCC(=O)O[C@H](COCCCCCCCCCCCCCCCCCC)COC(=O)CCCCCCC/C=C\CCCCCC. The average Bonchev–Trinajstić information content (AvgIpc) is 3.27. The molecule has 0 aliphatic rings. The highest BCUT2D eigenvalue weighted by Gasteiger charge is 2.17. The van der Waals surface area contributed by atoms with Gasteiger partial charge in [0.25, 0.3) is 0 Å². The van der Waals surface area contributed by atoms with Crippen LogP contribution in [0.5, 0.6) is 0 Å². The molecule has 0 aliphatic heterocycles. The zero-order valence-electron chi connectivity index (χ0n) is 41.6. The van der Waals surface area contributed by atoms with Gasteiger partial charge in [-0.3, -0.25) is 9.59 Å². The van der Waals surface area contributed by atoms with Crippen LogP contribution in [0.2, 0.25) is 0 Å². The summed E-state index contributed by atoms with van der Waals surface area (Å²) < 4.78 is 17.4. The second-order valence-electron chi connectivity index (χ2n) is 18.1. The molecular formula is C57H104O5. The molecule has 0 amide bonds. The van der Waals surface area contributed by atoms with Gasteiger partial charge in [-0.05, 0) is 83.5 Å². The third-order valence-corrected chi connectivity index (χ3v) is 11.8. The minimum Gasteiger partial charge on any atom is -0.462 e. The molecule has 0 bridgehead atoms. The van der Waals surface area contributed by atoms with E-state index in [-0.39, 0.29) is 25.2 Å². The van der Waals surface area contributed by atoms with Crippen molar-refractivity contribution < 1.29 is 23.8 Å². The van der Waals surface area contributed by atoms with E-state index in [0.29, 0.717) is 19.4 Å². The molecule has 0 aromatic carbocycles. The fourth-order valence-corrected chi connectivity index (χ4v) is 7.75. The van der Waals surface area contributed by atoms with E-state index in [1.54, 1.807) is 0 Å². The summed E-state index contributed by atoms with van der Waals surface area (Å²) in [6.45, 7) is 7.79. The number of esters is 2. The Morgan fingerprint density at radius 2 is 0.677 bits per heavy atom. The van der Waals surface area contributed by atoms with Crippen LogP contribution in [0.25, 0.3) is 0 Å². The highest BCUT2D eigenvalue weighted by molar-refractivity contribution is 5.70. The zero-order chi connectivity index (χ0) is 44.9. The molecule has 0 heterocycles. The van der Waals surface area contributed by atoms with E-state index >= 15 is 0 Å². The highest BCUT2D eigenvalue weighted by atomic mass is 16.6. The van der Waals surface area contributed by atoms with Gasteiger partial charge in [0.1, 0.15) is 6.61 Å². The number of carbonyl (C=O) groups excluding carboxylic acids is 2. The van der Waals surface area contributed by atoms with Gasteiger partial charge < -0.3 is 14.2 Å². The molecule has 0 N–H and O–H groups in total. The molecule has 62 heavy (non-hydrogen) atoms. The van der Waals surface area contributed by atoms with Gasteiger partial charge in [0.2, 0.25) is 0 Å². The average molecular weight is 869 g/mol. The lowest BCUT2D eigenvalue weighted by Gasteiger charge is -2.18. The largest absolute Gasteiger partial charge is 0.462 e. The molecule has 362 valence electrons. The number of ether oxygens (including phenoxy) is 3. The van der Waals surface area contributed by atoms with Crippen molar-refractivity contribution in [2.45, 2.75) is 284 Å². The molecule has 0 rings (SSSR count). The van der Waals surface area contributed by atoms with E-state index in [9.17, 15) is 9.59 Å². The van der Waals surface area contributed by atoms with Gasteiger partial charge in [-0.2, -0.15) is 0 Å². The van der Waals surface area contributed by atoms with Crippen molar-refractivity contribution in [2.24, 2.45) is 0 Å². The lowest BCUT2D eigenvalue weighted by Crippen LogP contribution is -2.30. The van der Waals surface area contributed by atoms with Gasteiger partial charge in [-0.1, -0.05) is 230 Å². The maximum absolute atomic E-state index is 12.8. The maximum atomic E-state index is 12.8. The van der Waals surface area contributed by atoms with Gasteiger partial charge in [-0.25, -0.2) is 0 Å². The van der Waals surface area contributed by atoms with Crippen molar-refractivity contribution in [2.75, 3.05) is 19.8 Å². The van der Waals surface area contributed by atoms with Crippen molar-refractivity contribution in [3.05, 3.63) is 48.6 Å². The van der Waals surface area contributed by atoms with Crippen molar-refractivity contribution in [1.29, 1.82) is 0 Å². The van der Waals surface area contributed by atoms with Crippen LogP contribution in [0.1, 0.15) is 278 Å². The molecule has 0 unspecified atom stereocenters. The number of hydrogen-bond acceptors (Lipinski definition) is 5. The van der Waals surface area contributed by atoms with Crippen LogP contribution < -0.4 is 0 Å². The van der Waals surface area contributed by atoms with E-state index in [1.807, 2.05) is 0 Å². The van der Waals surface area contributed by atoms with Gasteiger partial charge >= 0.3 is 11.9 Å². The second kappa shape index (κ2) is 53.2. The third-order valence-electron chi connectivity index (χ3n) is 11.8. The van der Waals surface area contributed by atoms with E-state index in [4.69, 9.17) is 14.2 Å². The predicted molar refractivity (Wildman–Crippen MR) is 270 cm³/mol. The molecule has 0 aromatic rings. The summed E-state index contributed by atoms with van der Waals surface area (Å²) in [5.41, 5.74) is 0. The molecule has 0 radical (unpaired) electrons. The molecular weight excluding hydrogens is 765 g/mol. The van der Waals surface area contributed by atoms with Crippen LogP contribution in [0.4, 0.5) is 0 Å². The van der Waals surface area contributed by atoms with E-state index in [0.717, 1.165) is 83.5 Å². The molecule has 5 heteroatoms. The molecule has 0 saturated heterocycles. The first kappa shape index (κ1) is 59.9. The van der Waals surface area contributed by atoms with Crippen molar-refractivity contribution in [3.8, 4) is 0 Å². The summed E-state index contributed by atoms with van der Waals surface area (Å²) in [6.07, 6.45) is 65.5. The first-order valence-corrected chi connectivity index (χ1v) is 27.2. The van der Waals surface area contributed by atoms with Crippen LogP contribution in [0.15, 0.2) is 48.6 Å². The van der Waals surface area contributed by atoms with Crippen LogP contribution in [-0.2, 0) is 23.8 Å². The van der Waals surface area contributed by atoms with Gasteiger partial charge in [-0.15, -0.1) is 0 Å².